The van der Waals surface area contributed by atoms with E-state index in [4.69, 9.17) is 16.6 Å². The van der Waals surface area contributed by atoms with E-state index in [2.05, 4.69) is 0 Å². The highest BCUT2D eigenvalue weighted by atomic mass is 19.3. The number of carboxylic acid groups (broad SMARTS) is 1. The van der Waals surface area contributed by atoms with Gasteiger partial charge in [-0.1, -0.05) is 6.08 Å². The molecule has 5 N–H and O–H groups in total. The Morgan fingerprint density at radius 2 is 2.15 bits per heavy atom. The van der Waals surface area contributed by atoms with Gasteiger partial charge in [0.2, 0.25) is 0 Å². The van der Waals surface area contributed by atoms with E-state index < -0.39 is 17.9 Å². The highest BCUT2D eigenvalue weighted by molar-refractivity contribution is 5.83. The average molecular weight is 194 g/mol. The summed E-state index contributed by atoms with van der Waals surface area (Å²) in [5.41, 5.74) is 7.33. The first-order valence-corrected chi connectivity index (χ1v) is 3.55. The van der Waals surface area contributed by atoms with Crippen LogP contribution in [0.2, 0.25) is 0 Å². The first-order valence-electron chi connectivity index (χ1n) is 3.55. The molecule has 0 bridgehead atoms. The van der Waals surface area contributed by atoms with Gasteiger partial charge in [-0.15, -0.1) is 0 Å². The maximum Gasteiger partial charge on any atom is 0.334 e. The number of nitrogens with two attached hydrogens (primary N) is 2. The van der Waals surface area contributed by atoms with Crippen LogP contribution in [0, 0.1) is 0 Å². The van der Waals surface area contributed by atoms with Crippen LogP contribution in [0.15, 0.2) is 11.6 Å². The van der Waals surface area contributed by atoms with Crippen LogP contribution in [0.1, 0.15) is 6.92 Å². The van der Waals surface area contributed by atoms with Crippen molar-refractivity contribution in [1.82, 2.24) is 0 Å². The molecule has 0 aliphatic heterocycles. The van der Waals surface area contributed by atoms with Gasteiger partial charge in [0.05, 0.1) is 0 Å². The maximum absolute atomic E-state index is 12.3. The molecule has 0 fully saturated rings. The highest BCUT2D eigenvalue weighted by Gasteiger charge is 2.45. The molecule has 4 nitrogen and oxygen atoms in total. The fourth-order valence-electron chi connectivity index (χ4n) is 0.780. The molecule has 1 unspecified atom stereocenters. The number of carboxylic acids is 1. The summed E-state index contributed by atoms with van der Waals surface area (Å²) >= 11 is 0. The van der Waals surface area contributed by atoms with Crippen molar-refractivity contribution < 1.29 is 18.7 Å². The van der Waals surface area contributed by atoms with Crippen molar-refractivity contribution >= 4 is 5.97 Å². The molecule has 0 aliphatic carbocycles. The van der Waals surface area contributed by atoms with Gasteiger partial charge >= 0.3 is 5.97 Å². The summed E-state index contributed by atoms with van der Waals surface area (Å²) in [6.07, 6.45) is -1.99. The molecule has 76 valence electrons. The normalized spacial score (nSPS) is 17.2. The Hall–Kier alpha value is -1.01. The summed E-state index contributed by atoms with van der Waals surface area (Å²) in [4.78, 5) is 10.5. The van der Waals surface area contributed by atoms with Crippen molar-refractivity contribution in [1.29, 1.82) is 0 Å². The van der Waals surface area contributed by atoms with Crippen molar-refractivity contribution in [2.24, 2.45) is 11.5 Å². The van der Waals surface area contributed by atoms with Crippen molar-refractivity contribution in [3.05, 3.63) is 11.6 Å². The minimum atomic E-state index is -3.16. The molecule has 0 aliphatic rings. The van der Waals surface area contributed by atoms with E-state index >= 15 is 0 Å². The Labute approximate surface area is 74.2 Å². The SMILES string of the molecule is CC(=CCN)C(N)(C(=O)O)C(F)F. The Morgan fingerprint density at radius 1 is 1.69 bits per heavy atom. The van der Waals surface area contributed by atoms with E-state index in [1.54, 1.807) is 0 Å². The molecular weight excluding hydrogens is 182 g/mol. The summed E-state index contributed by atoms with van der Waals surface area (Å²) in [5.74, 6) is -1.76. The number of aliphatic carboxylic acids is 1. The predicted octanol–water partition coefficient (Wildman–Crippen LogP) is -0.0614. The molecule has 0 aromatic heterocycles. The van der Waals surface area contributed by atoms with Crippen molar-refractivity contribution in [3.8, 4) is 0 Å². The van der Waals surface area contributed by atoms with Gasteiger partial charge in [0.15, 0.2) is 5.54 Å². The molecule has 0 amide bonds. The quantitative estimate of drug-likeness (QED) is 0.547. The number of carbonyl (C=O) groups is 1. The second-order valence-corrected chi connectivity index (χ2v) is 2.60. The Kier molecular flexibility index (Phi) is 3.96. The van der Waals surface area contributed by atoms with Gasteiger partial charge in [-0.05, 0) is 12.5 Å². The third kappa shape index (κ3) is 2.22. The van der Waals surface area contributed by atoms with Crippen LogP contribution in [0.5, 0.6) is 0 Å². The van der Waals surface area contributed by atoms with Crippen LogP contribution in [0.25, 0.3) is 0 Å². The Bertz CT molecular complexity index is 231. The van der Waals surface area contributed by atoms with Crippen LogP contribution < -0.4 is 11.5 Å². The third-order valence-electron chi connectivity index (χ3n) is 1.77. The topological polar surface area (TPSA) is 89.3 Å². The lowest BCUT2D eigenvalue weighted by Crippen LogP contribution is -2.55. The number of hydrogen-bond acceptors (Lipinski definition) is 3. The standard InChI is InChI=1S/C7H12F2N2O2/c1-4(2-3-10)7(11,5(8)9)6(12)13/h2,5H,3,10-11H2,1H3,(H,12,13). The molecule has 1 atom stereocenters. The van der Waals surface area contributed by atoms with Gasteiger partial charge in [-0.25, -0.2) is 13.6 Å². The van der Waals surface area contributed by atoms with E-state index in [9.17, 15) is 13.6 Å². The second-order valence-electron chi connectivity index (χ2n) is 2.60. The molecule has 0 aromatic rings. The Morgan fingerprint density at radius 3 is 2.38 bits per heavy atom. The van der Waals surface area contributed by atoms with E-state index in [0.717, 1.165) is 0 Å². The van der Waals surface area contributed by atoms with Gasteiger partial charge in [0.1, 0.15) is 0 Å². The molecule has 0 heterocycles. The van der Waals surface area contributed by atoms with Crippen LogP contribution in [-0.4, -0.2) is 29.6 Å². The average Bonchev–Trinajstić information content (AvgIpc) is 2.02. The van der Waals surface area contributed by atoms with Gasteiger partial charge in [0.25, 0.3) is 6.43 Å². The lowest BCUT2D eigenvalue weighted by Gasteiger charge is -2.24. The summed E-state index contributed by atoms with van der Waals surface area (Å²) in [6.45, 7) is 1.19. The van der Waals surface area contributed by atoms with Crippen LogP contribution in [-0.2, 0) is 4.79 Å². The maximum atomic E-state index is 12.3. The van der Waals surface area contributed by atoms with Gasteiger partial charge in [-0.3, -0.25) is 0 Å². The molecule has 0 saturated heterocycles. The van der Waals surface area contributed by atoms with Crippen LogP contribution in [0.3, 0.4) is 0 Å². The molecule has 13 heavy (non-hydrogen) atoms. The largest absolute Gasteiger partial charge is 0.479 e. The predicted molar refractivity (Wildman–Crippen MR) is 43.4 cm³/mol. The number of hydrogen-bond donors (Lipinski definition) is 3. The third-order valence-corrected chi connectivity index (χ3v) is 1.77. The van der Waals surface area contributed by atoms with Crippen molar-refractivity contribution in [2.75, 3.05) is 6.54 Å². The molecule has 0 saturated carbocycles. The van der Waals surface area contributed by atoms with E-state index in [1.807, 2.05) is 0 Å². The summed E-state index contributed by atoms with van der Waals surface area (Å²) in [7, 11) is 0. The van der Waals surface area contributed by atoms with Gasteiger partial charge in [-0.2, -0.15) is 0 Å². The molecule has 0 spiro atoms. The highest BCUT2D eigenvalue weighted by Crippen LogP contribution is 2.21. The van der Waals surface area contributed by atoms with Crippen molar-refractivity contribution in [2.45, 2.75) is 18.9 Å². The van der Waals surface area contributed by atoms with Gasteiger partial charge < -0.3 is 16.6 Å². The zero-order valence-corrected chi connectivity index (χ0v) is 7.13. The second kappa shape index (κ2) is 4.29. The van der Waals surface area contributed by atoms with Crippen LogP contribution in [0.4, 0.5) is 8.78 Å². The molecular formula is C7H12F2N2O2. The molecule has 6 heteroatoms. The lowest BCUT2D eigenvalue weighted by molar-refractivity contribution is -0.147. The molecule has 0 radical (unpaired) electrons. The molecule has 0 aromatic carbocycles. The smallest absolute Gasteiger partial charge is 0.334 e. The minimum absolute atomic E-state index is 0.0230. The van der Waals surface area contributed by atoms with E-state index in [1.165, 1.54) is 13.0 Å². The monoisotopic (exact) mass is 194 g/mol. The van der Waals surface area contributed by atoms with Crippen molar-refractivity contribution in [3.63, 3.8) is 0 Å². The summed E-state index contributed by atoms with van der Waals surface area (Å²) in [6, 6.07) is 0. The summed E-state index contributed by atoms with van der Waals surface area (Å²) in [5, 5.41) is 8.51. The zero-order chi connectivity index (χ0) is 10.6. The first-order chi connectivity index (χ1) is 5.87. The summed E-state index contributed by atoms with van der Waals surface area (Å²) < 4.78 is 24.6. The van der Waals surface area contributed by atoms with Crippen LogP contribution >= 0.6 is 0 Å². The number of alkyl halides is 2. The fraction of sp³-hybridized carbons (Fsp3) is 0.571. The van der Waals surface area contributed by atoms with Gasteiger partial charge in [0, 0.05) is 6.54 Å². The first kappa shape index (κ1) is 12.0. The lowest BCUT2D eigenvalue weighted by atomic mass is 9.92. The number of rotatable bonds is 4. The number of halogens is 2. The van der Waals surface area contributed by atoms with E-state index in [0.29, 0.717) is 0 Å². The molecule has 0 rings (SSSR count). The fourth-order valence-corrected chi connectivity index (χ4v) is 0.780. The Balaban J connectivity index is 5.02. The van der Waals surface area contributed by atoms with E-state index in [-0.39, 0.29) is 12.1 Å². The zero-order valence-electron chi connectivity index (χ0n) is 7.13. The minimum Gasteiger partial charge on any atom is -0.479 e.